The van der Waals surface area contributed by atoms with E-state index in [4.69, 9.17) is 12.2 Å². The van der Waals surface area contributed by atoms with Crippen molar-refractivity contribution in [2.24, 2.45) is 0 Å². The third-order valence-corrected chi connectivity index (χ3v) is 2.61. The third-order valence-electron chi connectivity index (χ3n) is 2.30. The lowest BCUT2D eigenvalue weighted by atomic mass is 10.1. The highest BCUT2D eigenvalue weighted by molar-refractivity contribution is 7.71. The smallest absolute Gasteiger partial charge is 0.251 e. The van der Waals surface area contributed by atoms with Gasteiger partial charge in [0.15, 0.2) is 4.77 Å². The molecule has 0 spiro atoms. The maximum Gasteiger partial charge on any atom is 0.251 e. The van der Waals surface area contributed by atoms with E-state index in [1.165, 1.54) is 18.9 Å². The molecule has 0 bridgehead atoms. The lowest BCUT2D eigenvalue weighted by molar-refractivity contribution is 0.472. The number of aromatic amines is 1. The number of hydrogen-bond acceptors (Lipinski definition) is 2. The lowest BCUT2D eigenvalue weighted by Gasteiger charge is -2.14. The van der Waals surface area contributed by atoms with E-state index in [0.29, 0.717) is 10.8 Å². The topological polar surface area (TPSA) is 37.8 Å². The fourth-order valence-electron chi connectivity index (χ4n) is 1.41. The molecular weight excluding hydrogens is 196 g/mol. The van der Waals surface area contributed by atoms with Crippen LogP contribution in [0.5, 0.6) is 0 Å². The Morgan fingerprint density at radius 1 is 1.64 bits per heavy atom. The fourth-order valence-corrected chi connectivity index (χ4v) is 1.75. The van der Waals surface area contributed by atoms with Crippen molar-refractivity contribution in [3.63, 3.8) is 0 Å². The fraction of sp³-hybridized carbons (Fsp3) is 0.600. The molecule has 1 unspecified atom stereocenters. The highest BCUT2D eigenvalue weighted by Gasteiger charge is 2.03. The summed E-state index contributed by atoms with van der Waals surface area (Å²) in [6.45, 7) is 4.28. The first-order valence-electron chi connectivity index (χ1n) is 4.96. The van der Waals surface area contributed by atoms with Crippen LogP contribution >= 0.6 is 12.2 Å². The van der Waals surface area contributed by atoms with Gasteiger partial charge in [0.2, 0.25) is 0 Å². The van der Waals surface area contributed by atoms with Crippen LogP contribution in [0.3, 0.4) is 0 Å². The lowest BCUT2D eigenvalue weighted by Crippen LogP contribution is -2.14. The second kappa shape index (κ2) is 5.10. The van der Waals surface area contributed by atoms with E-state index in [-0.39, 0.29) is 5.56 Å². The van der Waals surface area contributed by atoms with Crippen LogP contribution in [-0.4, -0.2) is 9.55 Å². The zero-order valence-corrected chi connectivity index (χ0v) is 9.43. The molecule has 0 aliphatic carbocycles. The van der Waals surface area contributed by atoms with E-state index < -0.39 is 0 Å². The summed E-state index contributed by atoms with van der Waals surface area (Å²) in [5.74, 6) is 0. The molecule has 0 amide bonds. The van der Waals surface area contributed by atoms with E-state index in [0.717, 1.165) is 6.42 Å². The van der Waals surface area contributed by atoms with Crippen molar-refractivity contribution in [3.8, 4) is 0 Å². The summed E-state index contributed by atoms with van der Waals surface area (Å²) >= 11 is 5.07. The van der Waals surface area contributed by atoms with Crippen LogP contribution in [0.4, 0.5) is 0 Å². The largest absolute Gasteiger partial charge is 0.322 e. The van der Waals surface area contributed by atoms with Gasteiger partial charge in [0.1, 0.15) is 0 Å². The first kappa shape index (κ1) is 11.2. The maximum absolute atomic E-state index is 10.9. The SMILES string of the molecule is CCCCC(C)n1ccc(=O)[nH]c1=S. The zero-order chi connectivity index (χ0) is 10.6. The summed E-state index contributed by atoms with van der Waals surface area (Å²) in [5, 5.41) is 0. The van der Waals surface area contributed by atoms with Crippen LogP contribution < -0.4 is 5.56 Å². The van der Waals surface area contributed by atoms with E-state index >= 15 is 0 Å². The Kier molecular flexibility index (Phi) is 4.07. The van der Waals surface area contributed by atoms with Crippen LogP contribution in [0.1, 0.15) is 39.2 Å². The van der Waals surface area contributed by atoms with Gasteiger partial charge in [0.05, 0.1) is 0 Å². The molecule has 1 aromatic rings. The van der Waals surface area contributed by atoms with Crippen molar-refractivity contribution < 1.29 is 0 Å². The predicted molar refractivity (Wildman–Crippen MR) is 60.1 cm³/mol. The van der Waals surface area contributed by atoms with E-state index in [1.807, 2.05) is 4.57 Å². The van der Waals surface area contributed by atoms with Gasteiger partial charge in [-0.15, -0.1) is 0 Å². The standard InChI is InChI=1S/C10H16N2OS/c1-3-4-5-8(2)12-7-6-9(13)11-10(12)14/h6-8H,3-5H2,1-2H3,(H,11,13,14). The highest BCUT2D eigenvalue weighted by Crippen LogP contribution is 2.13. The molecule has 0 aliphatic heterocycles. The summed E-state index contributed by atoms with van der Waals surface area (Å²) in [7, 11) is 0. The van der Waals surface area contributed by atoms with Gasteiger partial charge in [0.25, 0.3) is 5.56 Å². The van der Waals surface area contributed by atoms with Gasteiger partial charge < -0.3 is 4.57 Å². The van der Waals surface area contributed by atoms with Crippen molar-refractivity contribution in [3.05, 3.63) is 27.4 Å². The minimum absolute atomic E-state index is 0.131. The molecule has 1 aromatic heterocycles. The van der Waals surface area contributed by atoms with Crippen LogP contribution in [-0.2, 0) is 0 Å². The number of unbranched alkanes of at least 4 members (excludes halogenated alkanes) is 1. The summed E-state index contributed by atoms with van der Waals surface area (Å²) in [6.07, 6.45) is 5.22. The summed E-state index contributed by atoms with van der Waals surface area (Å²) in [6, 6.07) is 1.87. The van der Waals surface area contributed by atoms with Crippen molar-refractivity contribution >= 4 is 12.2 Å². The molecule has 0 aromatic carbocycles. The van der Waals surface area contributed by atoms with E-state index in [2.05, 4.69) is 18.8 Å². The Morgan fingerprint density at radius 2 is 2.36 bits per heavy atom. The molecule has 0 fully saturated rings. The number of nitrogens with one attached hydrogen (secondary N) is 1. The first-order chi connectivity index (χ1) is 6.65. The average Bonchev–Trinajstić information content (AvgIpc) is 2.14. The average molecular weight is 212 g/mol. The number of nitrogens with zero attached hydrogens (tertiary/aromatic N) is 1. The minimum atomic E-state index is -0.131. The highest BCUT2D eigenvalue weighted by atomic mass is 32.1. The zero-order valence-electron chi connectivity index (χ0n) is 8.62. The van der Waals surface area contributed by atoms with Crippen LogP contribution in [0.2, 0.25) is 0 Å². The molecule has 1 N–H and O–H groups in total. The monoisotopic (exact) mass is 212 g/mol. The Bertz CT molecular complexity index is 394. The first-order valence-corrected chi connectivity index (χ1v) is 5.37. The number of H-pyrrole nitrogens is 1. The maximum atomic E-state index is 10.9. The number of aromatic nitrogens is 2. The Morgan fingerprint density at radius 3 is 2.93 bits per heavy atom. The quantitative estimate of drug-likeness (QED) is 0.779. The van der Waals surface area contributed by atoms with Gasteiger partial charge in [-0.1, -0.05) is 19.8 Å². The van der Waals surface area contributed by atoms with Gasteiger partial charge in [-0.05, 0) is 25.6 Å². The molecule has 4 heteroatoms. The molecule has 0 saturated carbocycles. The molecular formula is C10H16N2OS. The summed E-state index contributed by atoms with van der Waals surface area (Å²) < 4.78 is 2.45. The molecule has 0 saturated heterocycles. The molecule has 1 atom stereocenters. The Labute approximate surface area is 88.8 Å². The number of rotatable bonds is 4. The van der Waals surface area contributed by atoms with Gasteiger partial charge in [-0.3, -0.25) is 9.78 Å². The summed E-state index contributed by atoms with van der Waals surface area (Å²) in [5.41, 5.74) is -0.131. The molecule has 14 heavy (non-hydrogen) atoms. The van der Waals surface area contributed by atoms with Crippen molar-refractivity contribution in [1.29, 1.82) is 0 Å². The molecule has 1 heterocycles. The normalized spacial score (nSPS) is 12.7. The molecule has 78 valence electrons. The molecule has 0 aliphatic rings. The minimum Gasteiger partial charge on any atom is -0.322 e. The molecule has 0 radical (unpaired) electrons. The van der Waals surface area contributed by atoms with Crippen molar-refractivity contribution in [2.75, 3.05) is 0 Å². The van der Waals surface area contributed by atoms with Gasteiger partial charge in [0, 0.05) is 18.3 Å². The van der Waals surface area contributed by atoms with E-state index in [9.17, 15) is 4.79 Å². The van der Waals surface area contributed by atoms with Gasteiger partial charge >= 0.3 is 0 Å². The van der Waals surface area contributed by atoms with Gasteiger partial charge in [-0.2, -0.15) is 0 Å². The van der Waals surface area contributed by atoms with Crippen LogP contribution in [0.15, 0.2) is 17.1 Å². The Balaban J connectivity index is 2.85. The van der Waals surface area contributed by atoms with E-state index in [1.54, 1.807) is 6.20 Å². The third kappa shape index (κ3) is 2.80. The second-order valence-corrected chi connectivity index (χ2v) is 3.90. The number of hydrogen-bond donors (Lipinski definition) is 1. The summed E-state index contributed by atoms with van der Waals surface area (Å²) in [4.78, 5) is 13.6. The van der Waals surface area contributed by atoms with Crippen molar-refractivity contribution in [1.82, 2.24) is 9.55 Å². The van der Waals surface area contributed by atoms with Crippen LogP contribution in [0.25, 0.3) is 0 Å². The molecule has 3 nitrogen and oxygen atoms in total. The second-order valence-electron chi connectivity index (χ2n) is 3.51. The predicted octanol–water partition coefficient (Wildman–Crippen LogP) is 2.66. The van der Waals surface area contributed by atoms with Crippen LogP contribution in [0, 0.1) is 4.77 Å². The van der Waals surface area contributed by atoms with Gasteiger partial charge in [-0.25, -0.2) is 0 Å². The molecule has 1 rings (SSSR count). The Hall–Kier alpha value is -0.900. The van der Waals surface area contributed by atoms with Crippen molar-refractivity contribution in [2.45, 2.75) is 39.2 Å².